The topological polar surface area (TPSA) is 66.7 Å². The first-order valence-electron chi connectivity index (χ1n) is 9.09. The lowest BCUT2D eigenvalue weighted by molar-refractivity contribution is 0.0389. The zero-order valence-electron chi connectivity index (χ0n) is 15.1. The third kappa shape index (κ3) is 6.88. The van der Waals surface area contributed by atoms with Crippen LogP contribution in [0.25, 0.3) is 0 Å². The molecule has 24 heavy (non-hydrogen) atoms. The zero-order valence-corrected chi connectivity index (χ0v) is 15.1. The Labute approximate surface area is 145 Å². The Morgan fingerprint density at radius 2 is 2.08 bits per heavy atom. The van der Waals surface area contributed by atoms with E-state index in [2.05, 4.69) is 37.0 Å². The van der Waals surface area contributed by atoms with Gasteiger partial charge in [-0.15, -0.1) is 0 Å². The molecular weight excluding hydrogens is 304 g/mol. The average Bonchev–Trinajstić information content (AvgIpc) is 3.00. The molecule has 1 fully saturated rings. The number of aromatic nitrogens is 2. The molecule has 7 nitrogen and oxygen atoms in total. The van der Waals surface area contributed by atoms with Crippen LogP contribution in [0.5, 0.6) is 0 Å². The van der Waals surface area contributed by atoms with Gasteiger partial charge in [-0.3, -0.25) is 9.89 Å². The van der Waals surface area contributed by atoms with Crippen molar-refractivity contribution in [2.45, 2.75) is 33.2 Å². The van der Waals surface area contributed by atoms with Gasteiger partial charge in [0.05, 0.1) is 13.2 Å². The highest BCUT2D eigenvalue weighted by Crippen LogP contribution is 2.00. The Hall–Kier alpha value is -1.60. The van der Waals surface area contributed by atoms with E-state index in [-0.39, 0.29) is 0 Å². The highest BCUT2D eigenvalue weighted by molar-refractivity contribution is 5.79. The molecule has 1 aliphatic heterocycles. The molecule has 0 atom stereocenters. The number of imidazole rings is 1. The van der Waals surface area contributed by atoms with E-state index in [1.807, 2.05) is 19.3 Å². The van der Waals surface area contributed by atoms with Gasteiger partial charge in [0.2, 0.25) is 0 Å². The van der Waals surface area contributed by atoms with E-state index in [0.29, 0.717) is 0 Å². The second kappa shape index (κ2) is 11.0. The van der Waals surface area contributed by atoms with Crippen molar-refractivity contribution in [3.8, 4) is 0 Å². The van der Waals surface area contributed by atoms with E-state index in [1.165, 1.54) is 0 Å². The van der Waals surface area contributed by atoms with Gasteiger partial charge in [-0.05, 0) is 26.7 Å². The number of aliphatic imine (C=N–C) groups is 1. The molecule has 0 aromatic carbocycles. The van der Waals surface area contributed by atoms with E-state index in [1.54, 1.807) is 0 Å². The third-order valence-corrected chi connectivity index (χ3v) is 4.17. The lowest BCUT2D eigenvalue weighted by atomic mass is 10.3. The quantitative estimate of drug-likeness (QED) is 0.398. The molecule has 7 heteroatoms. The fourth-order valence-corrected chi connectivity index (χ4v) is 2.72. The average molecular weight is 336 g/mol. The molecule has 0 aliphatic carbocycles. The molecule has 1 aromatic heterocycles. The number of unbranched alkanes of at least 4 members (excludes halogenated alkanes) is 1. The van der Waals surface area contributed by atoms with E-state index in [9.17, 15) is 0 Å². The van der Waals surface area contributed by atoms with Crippen LogP contribution >= 0.6 is 0 Å². The summed E-state index contributed by atoms with van der Waals surface area (Å²) in [6.45, 7) is 12.6. The largest absolute Gasteiger partial charge is 0.379 e. The van der Waals surface area contributed by atoms with Gasteiger partial charge in [-0.1, -0.05) is 0 Å². The van der Waals surface area contributed by atoms with Crippen molar-refractivity contribution in [3.05, 3.63) is 18.2 Å². The highest BCUT2D eigenvalue weighted by atomic mass is 16.5. The van der Waals surface area contributed by atoms with Gasteiger partial charge < -0.3 is 19.9 Å². The molecule has 1 aromatic rings. The van der Waals surface area contributed by atoms with Crippen LogP contribution in [0.1, 0.15) is 25.6 Å². The van der Waals surface area contributed by atoms with Gasteiger partial charge in [0.1, 0.15) is 5.82 Å². The monoisotopic (exact) mass is 336 g/mol. The fourth-order valence-electron chi connectivity index (χ4n) is 2.72. The predicted molar refractivity (Wildman–Crippen MR) is 97.4 cm³/mol. The normalized spacial score (nSPS) is 16.3. The minimum absolute atomic E-state index is 0.848. The number of rotatable bonds is 9. The van der Waals surface area contributed by atoms with Gasteiger partial charge in [0, 0.05) is 58.2 Å². The van der Waals surface area contributed by atoms with Gasteiger partial charge in [-0.2, -0.15) is 0 Å². The highest BCUT2D eigenvalue weighted by Gasteiger charge is 2.09. The second-order valence-electron chi connectivity index (χ2n) is 6.02. The number of hydrogen-bond acceptors (Lipinski definition) is 4. The summed E-state index contributed by atoms with van der Waals surface area (Å²) in [4.78, 5) is 11.3. The van der Waals surface area contributed by atoms with Gasteiger partial charge in [0.15, 0.2) is 5.96 Å². The van der Waals surface area contributed by atoms with Crippen LogP contribution in [0.3, 0.4) is 0 Å². The maximum atomic E-state index is 5.37. The predicted octanol–water partition coefficient (Wildman–Crippen LogP) is 0.859. The van der Waals surface area contributed by atoms with Crippen LogP contribution in [0, 0.1) is 6.92 Å². The van der Waals surface area contributed by atoms with Crippen LogP contribution in [0.2, 0.25) is 0 Å². The molecule has 0 spiro atoms. The van der Waals surface area contributed by atoms with Crippen molar-refractivity contribution in [3.63, 3.8) is 0 Å². The van der Waals surface area contributed by atoms with Crippen molar-refractivity contribution in [2.24, 2.45) is 4.99 Å². The molecular formula is C17H32N6O. The summed E-state index contributed by atoms with van der Waals surface area (Å²) in [6.07, 6.45) is 6.09. The Morgan fingerprint density at radius 3 is 2.79 bits per heavy atom. The molecule has 0 amide bonds. The first-order valence-corrected chi connectivity index (χ1v) is 9.09. The van der Waals surface area contributed by atoms with Crippen molar-refractivity contribution < 1.29 is 4.74 Å². The number of nitrogens with zero attached hydrogens (tertiary/aromatic N) is 4. The molecule has 1 aliphatic rings. The summed E-state index contributed by atoms with van der Waals surface area (Å²) >= 11 is 0. The summed E-state index contributed by atoms with van der Waals surface area (Å²) in [7, 11) is 0. The number of ether oxygens (including phenoxy) is 1. The minimum atomic E-state index is 0.848. The van der Waals surface area contributed by atoms with E-state index < -0.39 is 0 Å². The van der Waals surface area contributed by atoms with Gasteiger partial charge in [0.25, 0.3) is 0 Å². The summed E-state index contributed by atoms with van der Waals surface area (Å²) in [5, 5.41) is 6.74. The van der Waals surface area contributed by atoms with E-state index in [4.69, 9.17) is 4.74 Å². The van der Waals surface area contributed by atoms with Crippen LogP contribution in [0.15, 0.2) is 17.4 Å². The van der Waals surface area contributed by atoms with Crippen LogP contribution in [-0.2, 0) is 11.3 Å². The molecule has 0 radical (unpaired) electrons. The lowest BCUT2D eigenvalue weighted by Gasteiger charge is -2.26. The number of morpholine rings is 1. The summed E-state index contributed by atoms with van der Waals surface area (Å²) in [5.41, 5.74) is 0. The Morgan fingerprint density at radius 1 is 1.25 bits per heavy atom. The van der Waals surface area contributed by atoms with Crippen molar-refractivity contribution in [1.82, 2.24) is 25.1 Å². The van der Waals surface area contributed by atoms with Crippen molar-refractivity contribution >= 4 is 5.96 Å². The van der Waals surface area contributed by atoms with Crippen LogP contribution in [-0.4, -0.2) is 72.9 Å². The van der Waals surface area contributed by atoms with E-state index >= 15 is 0 Å². The number of aryl methyl sites for hydroxylation is 2. The molecule has 136 valence electrons. The molecule has 2 rings (SSSR count). The Balaban J connectivity index is 1.61. The first kappa shape index (κ1) is 18.7. The smallest absolute Gasteiger partial charge is 0.191 e. The van der Waals surface area contributed by atoms with Crippen LogP contribution < -0.4 is 10.6 Å². The number of nitrogens with one attached hydrogen (secondary N) is 2. The van der Waals surface area contributed by atoms with Crippen LogP contribution in [0.4, 0.5) is 0 Å². The molecule has 0 bridgehead atoms. The Kier molecular flexibility index (Phi) is 8.62. The minimum Gasteiger partial charge on any atom is -0.379 e. The van der Waals surface area contributed by atoms with E-state index in [0.717, 1.165) is 83.7 Å². The maximum Gasteiger partial charge on any atom is 0.191 e. The zero-order chi connectivity index (χ0) is 17.0. The second-order valence-corrected chi connectivity index (χ2v) is 6.02. The summed E-state index contributed by atoms with van der Waals surface area (Å²) < 4.78 is 7.56. The lowest BCUT2D eigenvalue weighted by Crippen LogP contribution is -2.44. The maximum absolute atomic E-state index is 5.37. The molecule has 0 unspecified atom stereocenters. The first-order chi connectivity index (χ1) is 11.8. The standard InChI is InChI=1S/C17H32N6O/c1-3-18-17(21-7-10-22-12-14-24-15-13-22)20-6-4-5-9-23-11-8-19-16(23)2/h8,11H,3-7,9-10,12-15H2,1-2H3,(H2,18,20,21). The van der Waals surface area contributed by atoms with Crippen molar-refractivity contribution in [2.75, 3.05) is 52.5 Å². The number of hydrogen-bond donors (Lipinski definition) is 2. The molecule has 0 saturated carbocycles. The molecule has 2 heterocycles. The third-order valence-electron chi connectivity index (χ3n) is 4.17. The van der Waals surface area contributed by atoms with Crippen molar-refractivity contribution in [1.29, 1.82) is 0 Å². The molecule has 1 saturated heterocycles. The SMILES string of the molecule is CCNC(=NCCCCn1ccnc1C)NCCN1CCOCC1. The van der Waals surface area contributed by atoms with Gasteiger partial charge in [-0.25, -0.2) is 4.98 Å². The summed E-state index contributed by atoms with van der Waals surface area (Å²) in [6, 6.07) is 0. The summed E-state index contributed by atoms with van der Waals surface area (Å²) in [5.74, 6) is 2.00. The Bertz CT molecular complexity index is 481. The number of guanidine groups is 1. The molecule has 2 N–H and O–H groups in total. The van der Waals surface area contributed by atoms with Gasteiger partial charge >= 0.3 is 0 Å². The fraction of sp³-hybridized carbons (Fsp3) is 0.765.